The van der Waals surface area contributed by atoms with Gasteiger partial charge in [0.15, 0.2) is 0 Å². The molecule has 0 aliphatic rings. The van der Waals surface area contributed by atoms with Crippen LogP contribution in [0.1, 0.15) is 23.9 Å². The first-order chi connectivity index (χ1) is 9.77. The molecule has 0 fully saturated rings. The molecule has 21 heavy (non-hydrogen) atoms. The molecule has 0 atom stereocenters. The lowest BCUT2D eigenvalue weighted by Gasteiger charge is -2.06. The second-order valence-electron chi connectivity index (χ2n) is 4.38. The fourth-order valence-corrected chi connectivity index (χ4v) is 1.66. The molecule has 0 spiro atoms. The number of benzene rings is 1. The van der Waals surface area contributed by atoms with Gasteiger partial charge in [0.1, 0.15) is 18.1 Å². The van der Waals surface area contributed by atoms with Crippen molar-refractivity contribution >= 4 is 5.97 Å². The van der Waals surface area contributed by atoms with Crippen LogP contribution in [0.5, 0.6) is 0 Å². The van der Waals surface area contributed by atoms with E-state index in [1.54, 1.807) is 6.92 Å². The highest BCUT2D eigenvalue weighted by atomic mass is 19.4. The van der Waals surface area contributed by atoms with E-state index in [1.807, 2.05) is 0 Å². The summed E-state index contributed by atoms with van der Waals surface area (Å²) in [4.78, 5) is 14.9. The number of halogens is 3. The van der Waals surface area contributed by atoms with Gasteiger partial charge < -0.3 is 9.15 Å². The van der Waals surface area contributed by atoms with Crippen LogP contribution >= 0.6 is 0 Å². The van der Waals surface area contributed by atoms with Crippen molar-refractivity contribution < 1.29 is 27.1 Å². The van der Waals surface area contributed by atoms with Crippen LogP contribution in [0.25, 0.3) is 11.5 Å². The molecule has 1 heterocycles. The number of carbonyl (C=O) groups excluding carboxylic acids is 1. The zero-order valence-corrected chi connectivity index (χ0v) is 11.3. The molecule has 0 bridgehead atoms. The van der Waals surface area contributed by atoms with E-state index in [2.05, 4.69) is 4.98 Å². The average Bonchev–Trinajstić information content (AvgIpc) is 2.77. The van der Waals surface area contributed by atoms with E-state index in [9.17, 15) is 18.0 Å². The van der Waals surface area contributed by atoms with Crippen LogP contribution in [-0.2, 0) is 22.3 Å². The van der Waals surface area contributed by atoms with Gasteiger partial charge in [-0.15, -0.1) is 0 Å². The third kappa shape index (κ3) is 3.62. The van der Waals surface area contributed by atoms with Gasteiger partial charge in [0.05, 0.1) is 5.56 Å². The Morgan fingerprint density at radius 1 is 1.29 bits per heavy atom. The van der Waals surface area contributed by atoms with Gasteiger partial charge in [-0.2, -0.15) is 13.2 Å². The van der Waals surface area contributed by atoms with Crippen molar-refractivity contribution in [1.82, 2.24) is 4.98 Å². The zero-order valence-electron chi connectivity index (χ0n) is 11.3. The molecule has 0 saturated carbocycles. The van der Waals surface area contributed by atoms with Crippen molar-refractivity contribution in [2.24, 2.45) is 0 Å². The molecule has 4 nitrogen and oxygen atoms in total. The number of hydrogen-bond acceptors (Lipinski definition) is 4. The molecule has 7 heteroatoms. The number of oxazole rings is 1. The van der Waals surface area contributed by atoms with E-state index < -0.39 is 17.7 Å². The molecule has 0 saturated heterocycles. The first-order valence-corrected chi connectivity index (χ1v) is 6.04. The summed E-state index contributed by atoms with van der Waals surface area (Å²) in [5.74, 6) is 0.183. The van der Waals surface area contributed by atoms with Crippen LogP contribution in [-0.4, -0.2) is 11.0 Å². The Labute approximate surface area is 118 Å². The number of ether oxygens (including phenoxy) is 1. The van der Waals surface area contributed by atoms with Gasteiger partial charge in [0.25, 0.3) is 0 Å². The maximum absolute atomic E-state index is 12.5. The van der Waals surface area contributed by atoms with E-state index in [1.165, 1.54) is 19.1 Å². The van der Waals surface area contributed by atoms with Crippen LogP contribution in [0, 0.1) is 6.92 Å². The summed E-state index contributed by atoms with van der Waals surface area (Å²) >= 11 is 0. The molecule has 1 aromatic heterocycles. The van der Waals surface area contributed by atoms with Crippen molar-refractivity contribution in [1.29, 1.82) is 0 Å². The number of rotatable bonds is 3. The standard InChI is InChI=1S/C14H12F3NO3/c1-8-12(7-20-9(2)19)18-13(21-8)10-3-5-11(6-4-10)14(15,16)17/h3-6H,7H2,1-2H3. The average molecular weight is 299 g/mol. The molecule has 0 aliphatic carbocycles. The van der Waals surface area contributed by atoms with Gasteiger partial charge in [0.2, 0.25) is 5.89 Å². The largest absolute Gasteiger partial charge is 0.459 e. The summed E-state index contributed by atoms with van der Waals surface area (Å²) in [6, 6.07) is 4.48. The molecular formula is C14H12F3NO3. The van der Waals surface area contributed by atoms with Crippen LogP contribution in [0.15, 0.2) is 28.7 Å². The normalized spacial score (nSPS) is 11.5. The Morgan fingerprint density at radius 3 is 2.43 bits per heavy atom. The first kappa shape index (κ1) is 15.1. The van der Waals surface area contributed by atoms with E-state index in [-0.39, 0.29) is 12.5 Å². The number of carbonyl (C=O) groups is 1. The number of alkyl halides is 3. The number of nitrogens with zero attached hydrogens (tertiary/aromatic N) is 1. The smallest absolute Gasteiger partial charge is 0.416 e. The molecule has 112 valence electrons. The topological polar surface area (TPSA) is 52.3 Å². The van der Waals surface area contributed by atoms with Crippen LogP contribution in [0.3, 0.4) is 0 Å². The lowest BCUT2D eigenvalue weighted by molar-refractivity contribution is -0.142. The fraction of sp³-hybridized carbons (Fsp3) is 0.286. The van der Waals surface area contributed by atoms with Crippen molar-refractivity contribution in [3.8, 4) is 11.5 Å². The summed E-state index contributed by atoms with van der Waals surface area (Å²) in [5.41, 5.74) is 0.106. The minimum Gasteiger partial charge on any atom is -0.459 e. The Hall–Kier alpha value is -2.31. The zero-order chi connectivity index (χ0) is 15.6. The first-order valence-electron chi connectivity index (χ1n) is 6.04. The predicted molar refractivity (Wildman–Crippen MR) is 67.1 cm³/mol. The van der Waals surface area contributed by atoms with E-state index in [0.29, 0.717) is 17.0 Å². The van der Waals surface area contributed by atoms with Gasteiger partial charge in [-0.1, -0.05) is 0 Å². The van der Waals surface area contributed by atoms with Crippen molar-refractivity contribution in [2.45, 2.75) is 26.6 Å². The summed E-state index contributed by atoms with van der Waals surface area (Å²) in [5, 5.41) is 0. The monoisotopic (exact) mass is 299 g/mol. The van der Waals surface area contributed by atoms with Gasteiger partial charge >= 0.3 is 12.1 Å². The molecule has 0 amide bonds. The highest BCUT2D eigenvalue weighted by Gasteiger charge is 2.30. The Bertz CT molecular complexity index is 644. The van der Waals surface area contributed by atoms with Crippen molar-refractivity contribution in [3.63, 3.8) is 0 Å². The maximum atomic E-state index is 12.5. The molecule has 0 N–H and O–H groups in total. The maximum Gasteiger partial charge on any atom is 0.416 e. The molecular weight excluding hydrogens is 287 g/mol. The number of aryl methyl sites for hydroxylation is 1. The predicted octanol–water partition coefficient (Wildman–Crippen LogP) is 3.73. The molecule has 2 aromatic rings. The lowest BCUT2D eigenvalue weighted by Crippen LogP contribution is -2.04. The Kier molecular flexibility index (Phi) is 4.02. The summed E-state index contributed by atoms with van der Waals surface area (Å²) in [7, 11) is 0. The van der Waals surface area contributed by atoms with Crippen LogP contribution in [0.2, 0.25) is 0 Å². The molecule has 1 aromatic carbocycles. The second-order valence-corrected chi connectivity index (χ2v) is 4.38. The summed E-state index contributed by atoms with van der Waals surface area (Å²) in [6.07, 6.45) is -4.38. The minimum atomic E-state index is -4.38. The fourth-order valence-electron chi connectivity index (χ4n) is 1.66. The summed E-state index contributed by atoms with van der Waals surface area (Å²) in [6.45, 7) is 2.87. The molecule has 0 aliphatic heterocycles. The quantitative estimate of drug-likeness (QED) is 0.810. The Morgan fingerprint density at radius 2 is 1.90 bits per heavy atom. The number of esters is 1. The molecule has 0 radical (unpaired) electrons. The number of hydrogen-bond donors (Lipinski definition) is 0. The number of aromatic nitrogens is 1. The van der Waals surface area contributed by atoms with Crippen LogP contribution in [0.4, 0.5) is 13.2 Å². The Balaban J connectivity index is 2.22. The molecule has 0 unspecified atom stereocenters. The third-order valence-corrected chi connectivity index (χ3v) is 2.76. The van der Waals surface area contributed by atoms with Crippen molar-refractivity contribution in [3.05, 3.63) is 41.3 Å². The minimum absolute atomic E-state index is 0.0364. The van der Waals surface area contributed by atoms with Gasteiger partial charge in [0, 0.05) is 12.5 Å². The second kappa shape index (κ2) is 5.59. The van der Waals surface area contributed by atoms with Crippen molar-refractivity contribution in [2.75, 3.05) is 0 Å². The molecule has 2 rings (SSSR count). The highest BCUT2D eigenvalue weighted by molar-refractivity contribution is 5.66. The van der Waals surface area contributed by atoms with E-state index in [0.717, 1.165) is 12.1 Å². The highest BCUT2D eigenvalue weighted by Crippen LogP contribution is 2.31. The lowest BCUT2D eigenvalue weighted by atomic mass is 10.1. The SMILES string of the molecule is CC(=O)OCc1nc(-c2ccc(C(F)(F)F)cc2)oc1C. The third-order valence-electron chi connectivity index (χ3n) is 2.76. The van der Waals surface area contributed by atoms with Gasteiger partial charge in [-0.3, -0.25) is 4.79 Å². The van der Waals surface area contributed by atoms with E-state index in [4.69, 9.17) is 9.15 Å². The van der Waals surface area contributed by atoms with E-state index >= 15 is 0 Å². The van der Waals surface area contributed by atoms with Gasteiger partial charge in [-0.05, 0) is 31.2 Å². The van der Waals surface area contributed by atoms with Gasteiger partial charge in [-0.25, -0.2) is 4.98 Å². The summed E-state index contributed by atoms with van der Waals surface area (Å²) < 4.78 is 47.6. The van der Waals surface area contributed by atoms with Crippen LogP contribution < -0.4 is 0 Å².